The summed E-state index contributed by atoms with van der Waals surface area (Å²) in [5, 5.41) is 0.497. The van der Waals surface area contributed by atoms with E-state index in [2.05, 4.69) is 23.1 Å². The fraction of sp³-hybridized carbons (Fsp3) is 0. The molecule has 4 N–H and O–H groups in total. The molecule has 0 heterocycles. The first-order valence-corrected chi connectivity index (χ1v) is 5.68. The summed E-state index contributed by atoms with van der Waals surface area (Å²) in [5.74, 6) is -0.338. The van der Waals surface area contributed by atoms with Crippen molar-refractivity contribution in [3.05, 3.63) is 32.4 Å². The molecule has 0 atom stereocenters. The van der Waals surface area contributed by atoms with Gasteiger partial charge in [-0.05, 0) is 53.0 Å². The maximum atomic E-state index is 11.6. The van der Waals surface area contributed by atoms with Gasteiger partial charge in [0.15, 0.2) is 5.11 Å². The summed E-state index contributed by atoms with van der Waals surface area (Å²) in [7, 11) is 0. The fourth-order valence-corrected chi connectivity index (χ4v) is 1.66. The molecule has 0 radical (unpaired) electrons. The van der Waals surface area contributed by atoms with Crippen LogP contribution in [0.2, 0.25) is 5.02 Å². The van der Waals surface area contributed by atoms with Crippen molar-refractivity contribution in [1.29, 1.82) is 0 Å². The van der Waals surface area contributed by atoms with Crippen LogP contribution in [-0.4, -0.2) is 11.0 Å². The normalized spacial score (nSPS) is 9.47. The molecule has 0 aliphatic heterocycles. The van der Waals surface area contributed by atoms with E-state index in [1.165, 1.54) is 0 Å². The number of benzene rings is 1. The highest BCUT2D eigenvalue weighted by Crippen LogP contribution is 2.17. The molecule has 0 aliphatic carbocycles. The lowest BCUT2D eigenvalue weighted by molar-refractivity contribution is 0.0943. The number of carbonyl (C=O) groups excluding carboxylic acids is 1. The summed E-state index contributed by atoms with van der Waals surface area (Å²) < 4.78 is 0.791. The van der Waals surface area contributed by atoms with Gasteiger partial charge in [0, 0.05) is 8.59 Å². The average molecular weight is 356 g/mol. The summed E-state index contributed by atoms with van der Waals surface area (Å²) >= 11 is 12.4. The quantitative estimate of drug-likeness (QED) is 0.405. The van der Waals surface area contributed by atoms with Crippen molar-refractivity contribution in [3.8, 4) is 0 Å². The zero-order valence-electron chi connectivity index (χ0n) is 7.38. The topological polar surface area (TPSA) is 67.2 Å². The summed E-state index contributed by atoms with van der Waals surface area (Å²) in [6.07, 6.45) is 0. The highest BCUT2D eigenvalue weighted by Gasteiger charge is 2.09. The van der Waals surface area contributed by atoms with Crippen molar-refractivity contribution >= 4 is 57.4 Å². The second kappa shape index (κ2) is 5.47. The summed E-state index contributed by atoms with van der Waals surface area (Å²) in [6, 6.07) is 5.03. The number of hydrogen-bond acceptors (Lipinski definition) is 2. The minimum Gasteiger partial charge on any atom is -0.375 e. The zero-order valence-corrected chi connectivity index (χ0v) is 11.1. The first-order chi connectivity index (χ1) is 7.00. The van der Waals surface area contributed by atoms with Gasteiger partial charge < -0.3 is 5.73 Å². The lowest BCUT2D eigenvalue weighted by Crippen LogP contribution is -2.44. The number of nitrogens with one attached hydrogen (secondary N) is 2. The van der Waals surface area contributed by atoms with Gasteiger partial charge in [-0.25, -0.2) is 0 Å². The number of carbonyl (C=O) groups is 1. The maximum Gasteiger partial charge on any atom is 0.270 e. The minimum atomic E-state index is -0.338. The van der Waals surface area contributed by atoms with E-state index in [1.807, 2.05) is 22.6 Å². The number of halogens is 2. The van der Waals surface area contributed by atoms with E-state index >= 15 is 0 Å². The van der Waals surface area contributed by atoms with Crippen LogP contribution in [-0.2, 0) is 0 Å². The largest absolute Gasteiger partial charge is 0.375 e. The van der Waals surface area contributed by atoms with Gasteiger partial charge in [0.2, 0.25) is 0 Å². The molecule has 1 aromatic carbocycles. The van der Waals surface area contributed by atoms with Crippen LogP contribution in [0.5, 0.6) is 0 Å². The van der Waals surface area contributed by atoms with Crippen LogP contribution in [0.15, 0.2) is 18.2 Å². The Morgan fingerprint density at radius 1 is 1.47 bits per heavy atom. The van der Waals surface area contributed by atoms with Crippen molar-refractivity contribution in [3.63, 3.8) is 0 Å². The number of hydrogen-bond donors (Lipinski definition) is 3. The first kappa shape index (κ1) is 12.5. The molecule has 0 aromatic heterocycles. The van der Waals surface area contributed by atoms with Crippen LogP contribution in [0.1, 0.15) is 10.4 Å². The molecule has 0 unspecified atom stereocenters. The summed E-state index contributed by atoms with van der Waals surface area (Å²) in [6.45, 7) is 0. The van der Waals surface area contributed by atoms with Crippen LogP contribution in [0.25, 0.3) is 0 Å². The molecule has 1 rings (SSSR count). The van der Waals surface area contributed by atoms with Crippen molar-refractivity contribution < 1.29 is 4.79 Å². The van der Waals surface area contributed by atoms with Crippen molar-refractivity contribution in [2.45, 2.75) is 0 Å². The molecule has 0 spiro atoms. The van der Waals surface area contributed by atoms with Gasteiger partial charge in [-0.3, -0.25) is 15.6 Å². The average Bonchev–Trinajstić information content (AvgIpc) is 2.18. The molecule has 7 heteroatoms. The summed E-state index contributed by atoms with van der Waals surface area (Å²) in [4.78, 5) is 11.6. The van der Waals surface area contributed by atoms with Gasteiger partial charge in [-0.1, -0.05) is 11.6 Å². The molecular weight excluding hydrogens is 349 g/mol. The van der Waals surface area contributed by atoms with Crippen LogP contribution in [0, 0.1) is 3.57 Å². The molecule has 15 heavy (non-hydrogen) atoms. The smallest absolute Gasteiger partial charge is 0.270 e. The molecule has 4 nitrogen and oxygen atoms in total. The van der Waals surface area contributed by atoms with Gasteiger partial charge in [0.25, 0.3) is 5.91 Å². The zero-order chi connectivity index (χ0) is 11.4. The molecule has 1 aromatic rings. The molecule has 1 amide bonds. The molecule has 0 bridgehead atoms. The Bertz CT molecular complexity index is 413. The van der Waals surface area contributed by atoms with Crippen LogP contribution in [0.3, 0.4) is 0 Å². The Kier molecular flexibility index (Phi) is 4.55. The number of hydrazine groups is 1. The number of rotatable bonds is 1. The third-order valence-electron chi connectivity index (χ3n) is 1.47. The number of nitrogens with two attached hydrogens (primary N) is 1. The van der Waals surface area contributed by atoms with Crippen molar-refractivity contribution in [1.82, 2.24) is 10.9 Å². The standard InChI is InChI=1S/C8H7ClIN3OS/c9-4-1-2-6(10)5(3-4)7(14)12-13-8(11)15/h1-3H,(H,12,14)(H3,11,13,15). The Hall–Kier alpha value is -0.600. The monoisotopic (exact) mass is 355 g/mol. The third kappa shape index (κ3) is 3.80. The predicted molar refractivity (Wildman–Crippen MR) is 71.6 cm³/mol. The van der Waals surface area contributed by atoms with Crippen LogP contribution in [0.4, 0.5) is 0 Å². The second-order valence-corrected chi connectivity index (χ2v) is 4.61. The van der Waals surface area contributed by atoms with E-state index in [0.29, 0.717) is 10.6 Å². The Labute approximate surface area is 111 Å². The van der Waals surface area contributed by atoms with E-state index in [9.17, 15) is 4.79 Å². The Balaban J connectivity index is 2.81. The SMILES string of the molecule is NC(=S)NNC(=O)c1cc(Cl)ccc1I. The van der Waals surface area contributed by atoms with E-state index in [4.69, 9.17) is 17.3 Å². The maximum absolute atomic E-state index is 11.6. The van der Waals surface area contributed by atoms with Gasteiger partial charge >= 0.3 is 0 Å². The van der Waals surface area contributed by atoms with Gasteiger partial charge in [-0.15, -0.1) is 0 Å². The Morgan fingerprint density at radius 2 is 2.13 bits per heavy atom. The molecular formula is C8H7ClIN3OS. The molecule has 0 fully saturated rings. The lowest BCUT2D eigenvalue weighted by atomic mass is 10.2. The molecule has 0 saturated carbocycles. The van der Waals surface area contributed by atoms with E-state index in [-0.39, 0.29) is 11.0 Å². The van der Waals surface area contributed by atoms with Gasteiger partial charge in [0.05, 0.1) is 5.56 Å². The number of amides is 1. The Morgan fingerprint density at radius 3 is 2.73 bits per heavy atom. The molecule has 0 saturated heterocycles. The third-order valence-corrected chi connectivity index (χ3v) is 2.75. The summed E-state index contributed by atoms with van der Waals surface area (Å²) in [5.41, 5.74) is 10.3. The molecule has 0 aliphatic rings. The van der Waals surface area contributed by atoms with Crippen LogP contribution >= 0.6 is 46.4 Å². The van der Waals surface area contributed by atoms with Gasteiger partial charge in [-0.2, -0.15) is 0 Å². The molecule has 80 valence electrons. The van der Waals surface area contributed by atoms with Crippen LogP contribution < -0.4 is 16.6 Å². The fourth-order valence-electron chi connectivity index (χ4n) is 0.857. The highest BCUT2D eigenvalue weighted by atomic mass is 127. The van der Waals surface area contributed by atoms with Crippen molar-refractivity contribution in [2.24, 2.45) is 5.73 Å². The lowest BCUT2D eigenvalue weighted by Gasteiger charge is -2.07. The van der Waals surface area contributed by atoms with E-state index in [1.54, 1.807) is 18.2 Å². The number of thiocarbonyl (C=S) groups is 1. The predicted octanol–water partition coefficient (Wildman–Crippen LogP) is 1.42. The second-order valence-electron chi connectivity index (χ2n) is 2.57. The van der Waals surface area contributed by atoms with Gasteiger partial charge in [0.1, 0.15) is 0 Å². The first-order valence-electron chi connectivity index (χ1n) is 3.81. The van der Waals surface area contributed by atoms with E-state index in [0.717, 1.165) is 3.57 Å². The minimum absolute atomic E-state index is 0.000358. The van der Waals surface area contributed by atoms with E-state index < -0.39 is 0 Å². The highest BCUT2D eigenvalue weighted by molar-refractivity contribution is 14.1. The van der Waals surface area contributed by atoms with Crippen molar-refractivity contribution in [2.75, 3.05) is 0 Å².